The maximum atomic E-state index is 10.9. The number of nitrogens with zero attached hydrogens (tertiary/aromatic N) is 1. The minimum atomic E-state index is -1.09. The zero-order valence-corrected chi connectivity index (χ0v) is 14.0. The molecule has 0 aliphatic heterocycles. The summed E-state index contributed by atoms with van der Waals surface area (Å²) in [7, 11) is 1.69. The van der Waals surface area contributed by atoms with Crippen molar-refractivity contribution in [2.75, 3.05) is 7.11 Å². The van der Waals surface area contributed by atoms with Gasteiger partial charge in [-0.1, -0.05) is 48.5 Å². The Morgan fingerprint density at radius 1 is 1.13 bits per heavy atom. The number of methoxy groups -OCH3 is 1. The van der Waals surface area contributed by atoms with Crippen molar-refractivity contribution in [2.45, 2.75) is 19.1 Å². The smallest absolute Gasteiger partial charge is 0.138 e. The number of aliphatic hydroxyl groups is 1. The van der Waals surface area contributed by atoms with Crippen molar-refractivity contribution in [1.29, 1.82) is 0 Å². The van der Waals surface area contributed by atoms with Crippen molar-refractivity contribution >= 4 is 11.3 Å². The van der Waals surface area contributed by atoms with E-state index in [0.717, 1.165) is 22.4 Å². The number of aromatic nitrogens is 1. The van der Waals surface area contributed by atoms with Crippen molar-refractivity contribution in [1.82, 2.24) is 4.98 Å². The first-order valence-corrected chi connectivity index (χ1v) is 8.31. The van der Waals surface area contributed by atoms with E-state index in [1.54, 1.807) is 14.0 Å². The summed E-state index contributed by atoms with van der Waals surface area (Å²) in [5.41, 5.74) is 2.77. The molecule has 1 heterocycles. The Balaban J connectivity index is 1.93. The van der Waals surface area contributed by atoms with Crippen LogP contribution in [0, 0.1) is 0 Å². The van der Waals surface area contributed by atoms with E-state index in [2.05, 4.69) is 11.1 Å². The molecule has 4 heteroatoms. The Hall–Kier alpha value is -2.01. The molecule has 2 aromatic carbocycles. The summed E-state index contributed by atoms with van der Waals surface area (Å²) in [5.74, 6) is 0. The second-order valence-corrected chi connectivity index (χ2v) is 6.47. The zero-order valence-electron chi connectivity index (χ0n) is 13.2. The van der Waals surface area contributed by atoms with Crippen LogP contribution in [0.15, 0.2) is 60.0 Å². The van der Waals surface area contributed by atoms with Crippen molar-refractivity contribution in [3.8, 4) is 11.3 Å². The number of benzene rings is 2. The van der Waals surface area contributed by atoms with E-state index in [1.807, 2.05) is 53.9 Å². The predicted octanol–water partition coefficient (Wildman–Crippen LogP) is 4.21. The van der Waals surface area contributed by atoms with Crippen LogP contribution < -0.4 is 0 Å². The van der Waals surface area contributed by atoms with Gasteiger partial charge in [0.2, 0.25) is 0 Å². The Labute approximate surface area is 140 Å². The van der Waals surface area contributed by atoms with Crippen molar-refractivity contribution in [3.05, 3.63) is 76.1 Å². The van der Waals surface area contributed by atoms with E-state index in [0.29, 0.717) is 11.6 Å². The van der Waals surface area contributed by atoms with Crippen molar-refractivity contribution in [2.24, 2.45) is 0 Å². The van der Waals surface area contributed by atoms with Crippen LogP contribution in [0.25, 0.3) is 11.3 Å². The molecule has 3 rings (SSSR count). The maximum absolute atomic E-state index is 10.9. The summed E-state index contributed by atoms with van der Waals surface area (Å²) >= 11 is 1.47. The fraction of sp³-hybridized carbons (Fsp3) is 0.211. The van der Waals surface area contributed by atoms with Crippen LogP contribution in [-0.2, 0) is 16.9 Å². The summed E-state index contributed by atoms with van der Waals surface area (Å²) in [6.07, 6.45) is 0. The molecule has 0 amide bonds. The molecule has 0 saturated carbocycles. The van der Waals surface area contributed by atoms with E-state index < -0.39 is 5.60 Å². The highest BCUT2D eigenvalue weighted by Crippen LogP contribution is 2.33. The summed E-state index contributed by atoms with van der Waals surface area (Å²) in [6, 6.07) is 17.7. The molecule has 3 nitrogen and oxygen atoms in total. The monoisotopic (exact) mass is 325 g/mol. The van der Waals surface area contributed by atoms with Gasteiger partial charge in [-0.3, -0.25) is 0 Å². The van der Waals surface area contributed by atoms with Gasteiger partial charge in [0.25, 0.3) is 0 Å². The van der Waals surface area contributed by atoms with Gasteiger partial charge in [0.1, 0.15) is 10.6 Å². The summed E-state index contributed by atoms with van der Waals surface area (Å²) < 4.78 is 5.18. The van der Waals surface area contributed by atoms with Gasteiger partial charge in [-0.15, -0.1) is 11.3 Å². The SMILES string of the molecule is COCc1cccc(-c2csc(C(C)(O)c3ccccc3)n2)c1. The van der Waals surface area contributed by atoms with Gasteiger partial charge in [0.15, 0.2) is 0 Å². The lowest BCUT2D eigenvalue weighted by atomic mass is 9.97. The summed E-state index contributed by atoms with van der Waals surface area (Å²) in [4.78, 5) is 4.66. The molecule has 1 N–H and O–H groups in total. The number of hydrogen-bond acceptors (Lipinski definition) is 4. The van der Waals surface area contributed by atoms with Crippen LogP contribution in [0.4, 0.5) is 0 Å². The average Bonchev–Trinajstić information content (AvgIpc) is 3.07. The van der Waals surface area contributed by atoms with Crippen molar-refractivity contribution in [3.63, 3.8) is 0 Å². The van der Waals surface area contributed by atoms with Crippen LogP contribution >= 0.6 is 11.3 Å². The largest absolute Gasteiger partial charge is 0.380 e. The fourth-order valence-corrected chi connectivity index (χ4v) is 3.41. The summed E-state index contributed by atoms with van der Waals surface area (Å²) in [6.45, 7) is 2.36. The number of thiazole rings is 1. The lowest BCUT2D eigenvalue weighted by Gasteiger charge is -2.21. The van der Waals surface area contributed by atoms with Gasteiger partial charge in [0.05, 0.1) is 12.3 Å². The second-order valence-electron chi connectivity index (χ2n) is 5.61. The molecule has 0 radical (unpaired) electrons. The molecule has 23 heavy (non-hydrogen) atoms. The number of hydrogen-bond donors (Lipinski definition) is 1. The molecule has 1 unspecified atom stereocenters. The quantitative estimate of drug-likeness (QED) is 0.764. The molecule has 3 aromatic rings. The molecule has 0 aliphatic carbocycles. The highest BCUT2D eigenvalue weighted by molar-refractivity contribution is 7.10. The molecular formula is C19H19NO2S. The third kappa shape index (κ3) is 3.34. The molecule has 0 aliphatic rings. The molecule has 0 fully saturated rings. The lowest BCUT2D eigenvalue weighted by Crippen LogP contribution is -2.22. The number of rotatable bonds is 5. The second kappa shape index (κ2) is 6.62. The maximum Gasteiger partial charge on any atom is 0.138 e. The van der Waals surface area contributed by atoms with Gasteiger partial charge >= 0.3 is 0 Å². The van der Waals surface area contributed by atoms with E-state index in [1.165, 1.54) is 11.3 Å². The normalized spacial score (nSPS) is 13.7. The van der Waals surface area contributed by atoms with Gasteiger partial charge < -0.3 is 9.84 Å². The first-order chi connectivity index (χ1) is 11.1. The van der Waals surface area contributed by atoms with Gasteiger partial charge in [-0.05, 0) is 24.1 Å². The van der Waals surface area contributed by atoms with Crippen LogP contribution in [0.3, 0.4) is 0 Å². The highest BCUT2D eigenvalue weighted by Gasteiger charge is 2.29. The Morgan fingerprint density at radius 2 is 1.91 bits per heavy atom. The zero-order chi connectivity index (χ0) is 16.3. The minimum Gasteiger partial charge on any atom is -0.380 e. The lowest BCUT2D eigenvalue weighted by molar-refractivity contribution is 0.102. The van der Waals surface area contributed by atoms with Gasteiger partial charge in [0, 0.05) is 18.1 Å². The van der Waals surface area contributed by atoms with Crippen LogP contribution in [-0.4, -0.2) is 17.2 Å². The van der Waals surface area contributed by atoms with E-state index in [9.17, 15) is 5.11 Å². The Morgan fingerprint density at radius 3 is 2.65 bits per heavy atom. The first-order valence-electron chi connectivity index (χ1n) is 7.43. The fourth-order valence-electron chi connectivity index (χ4n) is 2.50. The van der Waals surface area contributed by atoms with E-state index in [-0.39, 0.29) is 0 Å². The molecule has 0 spiro atoms. The predicted molar refractivity (Wildman–Crippen MR) is 93.4 cm³/mol. The van der Waals surface area contributed by atoms with Crippen LogP contribution in [0.1, 0.15) is 23.1 Å². The highest BCUT2D eigenvalue weighted by atomic mass is 32.1. The van der Waals surface area contributed by atoms with E-state index >= 15 is 0 Å². The first kappa shape index (κ1) is 15.9. The molecule has 1 atom stereocenters. The molecule has 1 aromatic heterocycles. The minimum absolute atomic E-state index is 0.576. The van der Waals surface area contributed by atoms with Crippen LogP contribution in [0.5, 0.6) is 0 Å². The third-order valence-electron chi connectivity index (χ3n) is 3.79. The molecule has 118 valence electrons. The topological polar surface area (TPSA) is 42.4 Å². The van der Waals surface area contributed by atoms with Crippen LogP contribution in [0.2, 0.25) is 0 Å². The van der Waals surface area contributed by atoms with Crippen molar-refractivity contribution < 1.29 is 9.84 Å². The molecular weight excluding hydrogens is 306 g/mol. The average molecular weight is 325 g/mol. The summed E-state index contributed by atoms with van der Waals surface area (Å²) in [5, 5.41) is 13.6. The Kier molecular flexibility index (Phi) is 4.57. The van der Waals surface area contributed by atoms with E-state index in [4.69, 9.17) is 4.74 Å². The Bertz CT molecular complexity index is 781. The third-order valence-corrected chi connectivity index (χ3v) is 4.84. The number of ether oxygens (including phenoxy) is 1. The molecule has 0 saturated heterocycles. The van der Waals surface area contributed by atoms with Gasteiger partial charge in [-0.25, -0.2) is 4.98 Å². The van der Waals surface area contributed by atoms with Gasteiger partial charge in [-0.2, -0.15) is 0 Å². The standard InChI is InChI=1S/C19H19NO2S/c1-19(21,16-9-4-3-5-10-16)18-20-17(13-23-18)15-8-6-7-14(11-15)12-22-2/h3-11,13,21H,12H2,1-2H3. The molecule has 0 bridgehead atoms.